The largest absolute Gasteiger partial charge is 0.868 e. The van der Waals surface area contributed by atoms with Crippen LogP contribution in [0.25, 0.3) is 11.0 Å². The first-order valence-electron chi connectivity index (χ1n) is 11.7. The SMILES string of the molecule is CC[NH+](CC)CCN1C(=O)C([O-])=C(C(=O)c2cc3ccccc3o2)C1c1ccc(OC)c(OC)c1. The van der Waals surface area contributed by atoms with Crippen molar-refractivity contribution in [3.05, 3.63) is 71.2 Å². The Bertz CT molecular complexity index is 1240. The monoisotopic (exact) mass is 478 g/mol. The molecule has 35 heavy (non-hydrogen) atoms. The zero-order valence-electron chi connectivity index (χ0n) is 20.4. The van der Waals surface area contributed by atoms with E-state index < -0.39 is 23.5 Å². The number of amides is 1. The van der Waals surface area contributed by atoms with Gasteiger partial charge >= 0.3 is 0 Å². The second-order valence-electron chi connectivity index (χ2n) is 8.44. The Hall–Kier alpha value is -3.78. The summed E-state index contributed by atoms with van der Waals surface area (Å²) in [5, 5.41) is 14.0. The molecule has 0 aliphatic carbocycles. The van der Waals surface area contributed by atoms with Crippen LogP contribution in [0.3, 0.4) is 0 Å². The number of nitrogens with zero attached hydrogens (tertiary/aromatic N) is 1. The van der Waals surface area contributed by atoms with E-state index in [1.165, 1.54) is 24.0 Å². The fraction of sp³-hybridized carbons (Fsp3) is 0.333. The molecule has 1 aliphatic rings. The van der Waals surface area contributed by atoms with E-state index in [1.807, 2.05) is 12.1 Å². The highest BCUT2D eigenvalue weighted by molar-refractivity contribution is 6.15. The average Bonchev–Trinajstić information content (AvgIpc) is 3.43. The first kappa shape index (κ1) is 24.3. The number of methoxy groups -OCH3 is 2. The summed E-state index contributed by atoms with van der Waals surface area (Å²) in [5.41, 5.74) is 1.02. The minimum Gasteiger partial charge on any atom is -0.868 e. The van der Waals surface area contributed by atoms with Crippen LogP contribution in [0.2, 0.25) is 0 Å². The van der Waals surface area contributed by atoms with Crippen molar-refractivity contribution >= 4 is 22.7 Å². The molecule has 0 saturated carbocycles. The molecule has 1 N–H and O–H groups in total. The first-order chi connectivity index (χ1) is 16.9. The van der Waals surface area contributed by atoms with Gasteiger partial charge in [0.25, 0.3) is 0 Å². The Morgan fingerprint density at radius 1 is 1.06 bits per heavy atom. The van der Waals surface area contributed by atoms with E-state index in [2.05, 4.69) is 13.8 Å². The number of quaternary nitrogens is 1. The predicted molar refractivity (Wildman–Crippen MR) is 128 cm³/mol. The number of furan rings is 1. The topological polar surface area (TPSA) is 96.5 Å². The van der Waals surface area contributed by atoms with Gasteiger partial charge in [-0.15, -0.1) is 0 Å². The normalized spacial score (nSPS) is 16.0. The van der Waals surface area contributed by atoms with Crippen molar-refractivity contribution in [1.82, 2.24) is 4.90 Å². The van der Waals surface area contributed by atoms with E-state index in [4.69, 9.17) is 13.9 Å². The summed E-state index contributed by atoms with van der Waals surface area (Å²) in [6, 6.07) is 13.1. The predicted octanol–water partition coefficient (Wildman–Crippen LogP) is 1.76. The number of para-hydroxylation sites is 1. The van der Waals surface area contributed by atoms with Crippen LogP contribution in [0.5, 0.6) is 11.5 Å². The number of carbonyl (C=O) groups is 2. The highest BCUT2D eigenvalue weighted by Crippen LogP contribution is 2.41. The van der Waals surface area contributed by atoms with Gasteiger partial charge in [-0.1, -0.05) is 24.3 Å². The molecule has 0 spiro atoms. The second kappa shape index (κ2) is 10.2. The summed E-state index contributed by atoms with van der Waals surface area (Å²) in [5.74, 6) is -1.08. The lowest BCUT2D eigenvalue weighted by Gasteiger charge is -2.29. The number of hydrogen-bond acceptors (Lipinski definition) is 6. The van der Waals surface area contributed by atoms with E-state index >= 15 is 0 Å². The molecular formula is C27H30N2O6. The molecule has 0 saturated heterocycles. The summed E-state index contributed by atoms with van der Waals surface area (Å²) in [4.78, 5) is 29.6. The van der Waals surface area contributed by atoms with Crippen LogP contribution in [-0.2, 0) is 4.79 Å². The van der Waals surface area contributed by atoms with Crippen LogP contribution in [0, 0.1) is 0 Å². The Morgan fingerprint density at radius 3 is 2.43 bits per heavy atom. The number of fused-ring (bicyclic) bond motifs is 1. The standard InChI is InChI=1S/C27H30N2O6/c1-5-28(6-2)13-14-29-24(18-11-12-20(33-3)21(16-18)34-4)23(26(31)27(29)32)25(30)22-15-17-9-7-8-10-19(17)35-22/h7-12,15-16,24,31H,5-6,13-14H2,1-4H3. The van der Waals surface area contributed by atoms with Gasteiger partial charge in [0.15, 0.2) is 17.3 Å². The number of benzene rings is 2. The fourth-order valence-electron chi connectivity index (χ4n) is 4.58. The molecule has 1 atom stereocenters. The van der Waals surface area contributed by atoms with Gasteiger partial charge in [0.1, 0.15) is 5.58 Å². The van der Waals surface area contributed by atoms with Crippen LogP contribution in [0.1, 0.15) is 36.0 Å². The van der Waals surface area contributed by atoms with Gasteiger partial charge in [0, 0.05) is 11.0 Å². The van der Waals surface area contributed by atoms with Crippen LogP contribution >= 0.6 is 0 Å². The van der Waals surface area contributed by atoms with E-state index in [0.29, 0.717) is 35.7 Å². The summed E-state index contributed by atoms with van der Waals surface area (Å²) < 4.78 is 16.6. The van der Waals surface area contributed by atoms with Crippen molar-refractivity contribution in [3.63, 3.8) is 0 Å². The van der Waals surface area contributed by atoms with Gasteiger partial charge in [-0.05, 0) is 49.4 Å². The molecule has 184 valence electrons. The zero-order valence-corrected chi connectivity index (χ0v) is 20.4. The number of likely N-dealkylation sites (N-methyl/N-ethyl adjacent to an activating group) is 1. The maximum atomic E-state index is 13.6. The number of ether oxygens (including phenoxy) is 2. The highest BCUT2D eigenvalue weighted by atomic mass is 16.5. The Balaban J connectivity index is 1.79. The van der Waals surface area contributed by atoms with E-state index in [1.54, 1.807) is 36.4 Å². The van der Waals surface area contributed by atoms with Gasteiger partial charge in [-0.3, -0.25) is 9.59 Å². The Kier molecular flexibility index (Phi) is 7.12. The average molecular weight is 479 g/mol. The molecule has 0 radical (unpaired) electrons. The zero-order chi connectivity index (χ0) is 25.1. The first-order valence-corrected chi connectivity index (χ1v) is 11.7. The quantitative estimate of drug-likeness (QED) is 0.446. The van der Waals surface area contributed by atoms with Crippen molar-refractivity contribution < 1.29 is 33.5 Å². The van der Waals surface area contributed by atoms with Crippen LogP contribution in [0.15, 0.2) is 64.3 Å². The minimum atomic E-state index is -0.856. The van der Waals surface area contributed by atoms with Gasteiger partial charge in [0.2, 0.25) is 11.7 Å². The third kappa shape index (κ3) is 4.49. The summed E-state index contributed by atoms with van der Waals surface area (Å²) >= 11 is 0. The molecule has 0 bridgehead atoms. The lowest BCUT2D eigenvalue weighted by atomic mass is 9.94. The highest BCUT2D eigenvalue weighted by Gasteiger charge is 2.41. The van der Waals surface area contributed by atoms with Crippen molar-refractivity contribution in [2.45, 2.75) is 19.9 Å². The number of nitrogens with one attached hydrogen (secondary N) is 1. The van der Waals surface area contributed by atoms with Crippen LogP contribution < -0.4 is 19.5 Å². The summed E-state index contributed by atoms with van der Waals surface area (Å²) in [6.07, 6.45) is 0. The molecule has 2 aromatic carbocycles. The van der Waals surface area contributed by atoms with E-state index in [0.717, 1.165) is 18.5 Å². The van der Waals surface area contributed by atoms with Gasteiger partial charge in [-0.25, -0.2) is 0 Å². The smallest absolute Gasteiger partial charge is 0.240 e. The van der Waals surface area contributed by atoms with Crippen LogP contribution in [0.4, 0.5) is 0 Å². The van der Waals surface area contributed by atoms with E-state index in [-0.39, 0.29) is 11.3 Å². The Morgan fingerprint density at radius 2 is 1.77 bits per heavy atom. The van der Waals surface area contributed by atoms with Gasteiger partial charge in [0.05, 0.1) is 46.4 Å². The Labute approximate surface area is 204 Å². The number of hydrogen-bond donors (Lipinski definition) is 1. The van der Waals surface area contributed by atoms with Crippen molar-refractivity contribution in [2.24, 2.45) is 0 Å². The molecule has 1 unspecified atom stereocenters. The maximum absolute atomic E-state index is 13.6. The fourth-order valence-corrected chi connectivity index (χ4v) is 4.58. The molecule has 4 rings (SSSR count). The molecular weight excluding hydrogens is 448 g/mol. The second-order valence-corrected chi connectivity index (χ2v) is 8.44. The molecule has 8 nitrogen and oxygen atoms in total. The number of Topliss-reactive ketones (excluding diaryl/α,β-unsaturated/α-hetero) is 1. The van der Waals surface area contributed by atoms with Gasteiger partial charge in [-0.2, -0.15) is 0 Å². The number of rotatable bonds is 10. The third-order valence-corrected chi connectivity index (χ3v) is 6.61. The van der Waals surface area contributed by atoms with Crippen molar-refractivity contribution in [1.29, 1.82) is 0 Å². The van der Waals surface area contributed by atoms with Gasteiger partial charge < -0.3 is 28.8 Å². The molecule has 8 heteroatoms. The molecule has 1 amide bonds. The summed E-state index contributed by atoms with van der Waals surface area (Å²) in [6.45, 7) is 6.91. The van der Waals surface area contributed by atoms with Crippen molar-refractivity contribution in [3.8, 4) is 11.5 Å². The molecule has 1 aromatic heterocycles. The molecule has 2 heterocycles. The number of ketones is 1. The third-order valence-electron chi connectivity index (χ3n) is 6.61. The molecule has 0 fully saturated rings. The summed E-state index contributed by atoms with van der Waals surface area (Å²) in [7, 11) is 3.04. The minimum absolute atomic E-state index is 0.0315. The molecule has 3 aromatic rings. The lowest BCUT2D eigenvalue weighted by molar-refractivity contribution is -0.895. The number of carbonyl (C=O) groups excluding carboxylic acids is 2. The van der Waals surface area contributed by atoms with E-state index in [9.17, 15) is 14.7 Å². The maximum Gasteiger partial charge on any atom is 0.240 e. The van der Waals surface area contributed by atoms with Crippen molar-refractivity contribution in [2.75, 3.05) is 40.4 Å². The lowest BCUT2D eigenvalue weighted by Crippen LogP contribution is -3.12. The molecule has 1 aliphatic heterocycles. The van der Waals surface area contributed by atoms with Crippen LogP contribution in [-0.4, -0.2) is 57.0 Å².